The Morgan fingerprint density at radius 2 is 1.81 bits per heavy atom. The number of amides is 2. The molecule has 0 bridgehead atoms. The van der Waals surface area contributed by atoms with Gasteiger partial charge in [0.25, 0.3) is 5.91 Å². The highest BCUT2D eigenvalue weighted by molar-refractivity contribution is 9.10. The number of ether oxygens (including phenoxy) is 1. The maximum Gasteiger partial charge on any atom is 0.261 e. The summed E-state index contributed by atoms with van der Waals surface area (Å²) in [7, 11) is 0. The fourth-order valence-corrected chi connectivity index (χ4v) is 4.48. The normalized spacial score (nSPS) is 15.1. The van der Waals surface area contributed by atoms with Crippen molar-refractivity contribution in [1.82, 2.24) is 10.2 Å². The molecule has 32 heavy (non-hydrogen) atoms. The molecule has 1 saturated carbocycles. The van der Waals surface area contributed by atoms with Gasteiger partial charge < -0.3 is 15.0 Å². The number of carbonyl (C=O) groups excluding carboxylic acids is 2. The summed E-state index contributed by atoms with van der Waals surface area (Å²) in [5, 5.41) is 4.07. The van der Waals surface area contributed by atoms with E-state index in [1.165, 1.54) is 11.3 Å². The molecule has 3 rings (SSSR count). The molecular formula is C24H27BrCl2N2O3. The van der Waals surface area contributed by atoms with Gasteiger partial charge in [0.05, 0.1) is 0 Å². The molecule has 1 aliphatic rings. The molecule has 2 amide bonds. The first-order valence-corrected chi connectivity index (χ1v) is 12.3. The summed E-state index contributed by atoms with van der Waals surface area (Å²) in [6.07, 6.45) is 5.38. The predicted octanol–water partition coefficient (Wildman–Crippen LogP) is 6.00. The Morgan fingerprint density at radius 3 is 2.47 bits per heavy atom. The third kappa shape index (κ3) is 7.12. The Labute approximate surface area is 207 Å². The van der Waals surface area contributed by atoms with E-state index in [0.717, 1.165) is 30.2 Å². The monoisotopic (exact) mass is 540 g/mol. The molecule has 0 heterocycles. The molecule has 0 radical (unpaired) electrons. The zero-order valence-corrected chi connectivity index (χ0v) is 21.0. The van der Waals surface area contributed by atoms with Crippen LogP contribution in [-0.2, 0) is 16.1 Å². The highest BCUT2D eigenvalue weighted by atomic mass is 79.9. The Balaban J connectivity index is 1.73. The van der Waals surface area contributed by atoms with E-state index in [1.807, 2.05) is 12.1 Å². The third-order valence-corrected chi connectivity index (χ3v) is 6.77. The van der Waals surface area contributed by atoms with E-state index in [2.05, 4.69) is 21.2 Å². The maximum atomic E-state index is 13.1. The van der Waals surface area contributed by atoms with E-state index in [9.17, 15) is 9.59 Å². The summed E-state index contributed by atoms with van der Waals surface area (Å²) in [5.41, 5.74) is 0.713. The van der Waals surface area contributed by atoms with Crippen LogP contribution in [-0.4, -0.2) is 35.4 Å². The van der Waals surface area contributed by atoms with E-state index < -0.39 is 6.04 Å². The smallest absolute Gasteiger partial charge is 0.261 e. The molecule has 1 N–H and O–H groups in total. The summed E-state index contributed by atoms with van der Waals surface area (Å²) < 4.78 is 6.59. The van der Waals surface area contributed by atoms with Crippen molar-refractivity contribution in [3.05, 3.63) is 62.5 Å². The van der Waals surface area contributed by atoms with E-state index in [0.29, 0.717) is 21.4 Å². The van der Waals surface area contributed by atoms with Crippen LogP contribution in [0.15, 0.2) is 46.9 Å². The summed E-state index contributed by atoms with van der Waals surface area (Å²) in [4.78, 5) is 27.6. The van der Waals surface area contributed by atoms with Gasteiger partial charge in [-0.25, -0.2) is 0 Å². The molecule has 1 aliphatic carbocycles. The SMILES string of the molecule is C[C@H](C(=O)NC1CCCCC1)N(Cc1ccc(Cl)cc1Cl)C(=O)COc1ccc(Br)cc1. The van der Waals surface area contributed by atoms with Crippen molar-refractivity contribution in [3.63, 3.8) is 0 Å². The fraction of sp³-hybridized carbons (Fsp3) is 0.417. The van der Waals surface area contributed by atoms with Gasteiger partial charge in [-0.1, -0.05) is 64.5 Å². The first-order chi connectivity index (χ1) is 15.3. The lowest BCUT2D eigenvalue weighted by Crippen LogP contribution is -2.51. The summed E-state index contributed by atoms with van der Waals surface area (Å²) in [6, 6.07) is 11.8. The Hall–Kier alpha value is -1.76. The largest absolute Gasteiger partial charge is 0.484 e. The van der Waals surface area contributed by atoms with Gasteiger partial charge in [0.1, 0.15) is 11.8 Å². The fourth-order valence-electron chi connectivity index (χ4n) is 3.74. The lowest BCUT2D eigenvalue weighted by molar-refractivity contribution is -0.142. The second kappa shape index (κ2) is 11.9. The van der Waals surface area contributed by atoms with Crippen LogP contribution in [0, 0.1) is 0 Å². The average molecular weight is 542 g/mol. The first-order valence-electron chi connectivity index (χ1n) is 10.8. The van der Waals surface area contributed by atoms with Gasteiger partial charge in [-0.2, -0.15) is 0 Å². The minimum absolute atomic E-state index is 0.161. The number of carbonyl (C=O) groups is 2. The third-order valence-electron chi connectivity index (χ3n) is 5.65. The Morgan fingerprint density at radius 1 is 1.12 bits per heavy atom. The predicted molar refractivity (Wildman–Crippen MR) is 131 cm³/mol. The number of halogens is 3. The maximum absolute atomic E-state index is 13.1. The van der Waals surface area contributed by atoms with Crippen molar-refractivity contribution in [2.45, 2.75) is 57.7 Å². The molecule has 1 atom stereocenters. The molecule has 0 aromatic heterocycles. The molecule has 2 aromatic carbocycles. The summed E-state index contributed by atoms with van der Waals surface area (Å²) >= 11 is 15.7. The molecule has 0 spiro atoms. The Bertz CT molecular complexity index is 933. The minimum atomic E-state index is -0.676. The lowest BCUT2D eigenvalue weighted by Gasteiger charge is -2.31. The Kier molecular flexibility index (Phi) is 9.26. The van der Waals surface area contributed by atoms with Crippen LogP contribution in [0.5, 0.6) is 5.75 Å². The summed E-state index contributed by atoms with van der Waals surface area (Å²) in [6.45, 7) is 1.73. The number of nitrogens with zero attached hydrogens (tertiary/aromatic N) is 1. The van der Waals surface area contributed by atoms with Crippen LogP contribution < -0.4 is 10.1 Å². The molecule has 2 aromatic rings. The molecule has 0 saturated heterocycles. The van der Waals surface area contributed by atoms with Crippen LogP contribution in [0.2, 0.25) is 10.0 Å². The number of benzene rings is 2. The second-order valence-corrected chi connectivity index (χ2v) is 9.78. The molecule has 172 valence electrons. The zero-order chi connectivity index (χ0) is 23.1. The minimum Gasteiger partial charge on any atom is -0.484 e. The van der Waals surface area contributed by atoms with Crippen molar-refractivity contribution in [1.29, 1.82) is 0 Å². The van der Waals surface area contributed by atoms with Gasteiger partial charge in [0.15, 0.2) is 6.61 Å². The molecule has 8 heteroatoms. The molecular weight excluding hydrogens is 515 g/mol. The van der Waals surface area contributed by atoms with Gasteiger partial charge in [-0.05, 0) is 61.7 Å². The van der Waals surface area contributed by atoms with Crippen LogP contribution >= 0.6 is 39.1 Å². The standard InChI is InChI=1S/C24H27BrCl2N2O3/c1-16(24(31)28-20-5-3-2-4-6-20)29(14-17-7-10-19(26)13-22(17)27)23(30)15-32-21-11-8-18(25)9-12-21/h7-13,16,20H,2-6,14-15H2,1H3,(H,28,31)/t16-/m1/s1. The van der Waals surface area contributed by atoms with Crippen molar-refractivity contribution < 1.29 is 14.3 Å². The highest BCUT2D eigenvalue weighted by Gasteiger charge is 2.29. The van der Waals surface area contributed by atoms with Crippen molar-refractivity contribution in [3.8, 4) is 5.75 Å². The number of rotatable bonds is 8. The average Bonchev–Trinajstić information content (AvgIpc) is 2.78. The summed E-state index contributed by atoms with van der Waals surface area (Å²) in [5.74, 6) is 0.106. The highest BCUT2D eigenvalue weighted by Crippen LogP contribution is 2.24. The van der Waals surface area contributed by atoms with Gasteiger partial charge in [-0.3, -0.25) is 9.59 Å². The van der Waals surface area contributed by atoms with Crippen LogP contribution in [0.1, 0.15) is 44.6 Å². The van der Waals surface area contributed by atoms with Crippen LogP contribution in [0.25, 0.3) is 0 Å². The van der Waals surface area contributed by atoms with E-state index in [1.54, 1.807) is 37.3 Å². The van der Waals surface area contributed by atoms with Crippen molar-refractivity contribution in [2.75, 3.05) is 6.61 Å². The van der Waals surface area contributed by atoms with Gasteiger partial charge in [-0.15, -0.1) is 0 Å². The number of hydrogen-bond donors (Lipinski definition) is 1. The van der Waals surface area contributed by atoms with Crippen LogP contribution in [0.4, 0.5) is 0 Å². The van der Waals surface area contributed by atoms with E-state index >= 15 is 0 Å². The van der Waals surface area contributed by atoms with E-state index in [4.69, 9.17) is 27.9 Å². The topological polar surface area (TPSA) is 58.6 Å². The van der Waals surface area contributed by atoms with Crippen LogP contribution in [0.3, 0.4) is 0 Å². The van der Waals surface area contributed by atoms with Gasteiger partial charge in [0, 0.05) is 27.1 Å². The van der Waals surface area contributed by atoms with Crippen molar-refractivity contribution >= 4 is 50.9 Å². The number of hydrogen-bond acceptors (Lipinski definition) is 3. The van der Waals surface area contributed by atoms with Gasteiger partial charge >= 0.3 is 0 Å². The first kappa shape index (κ1) is 24.9. The van der Waals surface area contributed by atoms with Gasteiger partial charge in [0.2, 0.25) is 5.91 Å². The molecule has 0 unspecified atom stereocenters. The second-order valence-electron chi connectivity index (χ2n) is 8.02. The van der Waals surface area contributed by atoms with E-state index in [-0.39, 0.29) is 31.0 Å². The molecule has 5 nitrogen and oxygen atoms in total. The lowest BCUT2D eigenvalue weighted by atomic mass is 9.95. The zero-order valence-electron chi connectivity index (χ0n) is 18.0. The quantitative estimate of drug-likeness (QED) is 0.445. The number of nitrogens with one attached hydrogen (secondary N) is 1. The van der Waals surface area contributed by atoms with Crippen molar-refractivity contribution in [2.24, 2.45) is 0 Å². The molecule has 0 aliphatic heterocycles. The molecule has 1 fully saturated rings.